The molecule has 0 bridgehead atoms. The molecule has 1 aromatic heterocycles. The molecule has 0 aliphatic heterocycles. The number of methoxy groups -OCH3 is 1. The first-order chi connectivity index (χ1) is 6.77. The zero-order valence-corrected chi connectivity index (χ0v) is 8.60. The van der Waals surface area contributed by atoms with Crippen LogP contribution in [0.5, 0.6) is 5.75 Å². The Morgan fingerprint density at radius 2 is 2.29 bits per heavy atom. The van der Waals surface area contributed by atoms with Gasteiger partial charge in [0, 0.05) is 10.1 Å². The van der Waals surface area contributed by atoms with E-state index >= 15 is 0 Å². The summed E-state index contributed by atoms with van der Waals surface area (Å²) >= 11 is 1.45. The van der Waals surface area contributed by atoms with Crippen molar-refractivity contribution in [3.8, 4) is 5.75 Å². The van der Waals surface area contributed by atoms with E-state index in [4.69, 9.17) is 15.6 Å². The monoisotopic (exact) mass is 209 g/mol. The lowest BCUT2D eigenvalue weighted by molar-refractivity contribution is 0.283. The van der Waals surface area contributed by atoms with Crippen molar-refractivity contribution in [1.82, 2.24) is 0 Å². The van der Waals surface area contributed by atoms with Crippen LogP contribution < -0.4 is 10.5 Å². The number of aliphatic hydroxyl groups excluding tert-OH is 1. The number of nitrogen functional groups attached to an aromatic ring is 1. The smallest absolute Gasteiger partial charge is 0.160 e. The van der Waals surface area contributed by atoms with Crippen molar-refractivity contribution in [1.29, 1.82) is 0 Å². The van der Waals surface area contributed by atoms with E-state index in [1.54, 1.807) is 7.11 Å². The maximum Gasteiger partial charge on any atom is 0.160 e. The summed E-state index contributed by atoms with van der Waals surface area (Å²) in [6, 6.07) is 5.72. The summed E-state index contributed by atoms with van der Waals surface area (Å²) in [5.74, 6) is 0.709. The Morgan fingerprint density at radius 3 is 2.93 bits per heavy atom. The molecule has 0 unspecified atom stereocenters. The second kappa shape index (κ2) is 3.48. The minimum Gasteiger partial charge on any atom is -0.493 e. The zero-order chi connectivity index (χ0) is 10.1. The number of aliphatic hydroxyl groups is 1. The Bertz CT molecular complexity index is 464. The van der Waals surface area contributed by atoms with E-state index < -0.39 is 0 Å². The molecule has 0 saturated heterocycles. The molecule has 0 radical (unpaired) electrons. The van der Waals surface area contributed by atoms with Crippen molar-refractivity contribution in [3.05, 3.63) is 23.8 Å². The SMILES string of the molecule is COc1c(N)sc2c(CO)cccc12. The minimum atomic E-state index is 0.0282. The Balaban J connectivity index is 2.79. The van der Waals surface area contributed by atoms with Gasteiger partial charge in [0.2, 0.25) is 0 Å². The van der Waals surface area contributed by atoms with Gasteiger partial charge in [-0.15, -0.1) is 11.3 Å². The molecular weight excluding hydrogens is 198 g/mol. The fourth-order valence-corrected chi connectivity index (χ4v) is 2.55. The van der Waals surface area contributed by atoms with Crippen LogP contribution in [0.15, 0.2) is 18.2 Å². The molecule has 2 rings (SSSR count). The number of nitrogens with two attached hydrogens (primary N) is 1. The first-order valence-electron chi connectivity index (χ1n) is 4.22. The van der Waals surface area contributed by atoms with Crippen molar-refractivity contribution in [2.75, 3.05) is 12.8 Å². The molecule has 74 valence electrons. The highest BCUT2D eigenvalue weighted by molar-refractivity contribution is 7.23. The van der Waals surface area contributed by atoms with E-state index in [1.807, 2.05) is 18.2 Å². The average Bonchev–Trinajstić information content (AvgIpc) is 2.52. The van der Waals surface area contributed by atoms with Gasteiger partial charge >= 0.3 is 0 Å². The molecule has 3 N–H and O–H groups in total. The van der Waals surface area contributed by atoms with E-state index in [0.717, 1.165) is 15.6 Å². The summed E-state index contributed by atoms with van der Waals surface area (Å²) in [5.41, 5.74) is 6.69. The lowest BCUT2D eigenvalue weighted by Gasteiger charge is -1.99. The van der Waals surface area contributed by atoms with Crippen LogP contribution in [0, 0.1) is 0 Å². The first kappa shape index (κ1) is 9.30. The van der Waals surface area contributed by atoms with Gasteiger partial charge in [-0.3, -0.25) is 0 Å². The Morgan fingerprint density at radius 1 is 1.50 bits per heavy atom. The molecule has 0 atom stereocenters. The maximum atomic E-state index is 9.13. The quantitative estimate of drug-likeness (QED) is 0.795. The average molecular weight is 209 g/mol. The Labute approximate surface area is 85.7 Å². The standard InChI is InChI=1S/C10H11NO2S/c1-13-8-7-4-2-3-6(5-12)9(7)14-10(8)11/h2-4,12H,5,11H2,1H3. The van der Waals surface area contributed by atoms with Crippen LogP contribution in [0.25, 0.3) is 10.1 Å². The summed E-state index contributed by atoms with van der Waals surface area (Å²) in [7, 11) is 1.60. The third-order valence-electron chi connectivity index (χ3n) is 2.15. The number of thiophene rings is 1. The van der Waals surface area contributed by atoms with Crippen molar-refractivity contribution >= 4 is 26.4 Å². The van der Waals surface area contributed by atoms with E-state index in [2.05, 4.69) is 0 Å². The first-order valence-corrected chi connectivity index (χ1v) is 5.04. The fourth-order valence-electron chi connectivity index (χ4n) is 1.51. The number of fused-ring (bicyclic) bond motifs is 1. The fraction of sp³-hybridized carbons (Fsp3) is 0.200. The summed E-state index contributed by atoms with van der Waals surface area (Å²) in [6.45, 7) is 0.0282. The van der Waals surface area contributed by atoms with Crippen LogP contribution >= 0.6 is 11.3 Å². The summed E-state index contributed by atoms with van der Waals surface area (Å²) < 4.78 is 6.21. The second-order valence-electron chi connectivity index (χ2n) is 2.95. The molecule has 0 aliphatic carbocycles. The Hall–Kier alpha value is -1.26. The highest BCUT2D eigenvalue weighted by atomic mass is 32.1. The van der Waals surface area contributed by atoms with Crippen molar-refractivity contribution in [2.24, 2.45) is 0 Å². The predicted molar refractivity (Wildman–Crippen MR) is 58.7 cm³/mol. The van der Waals surface area contributed by atoms with Gasteiger partial charge in [-0.25, -0.2) is 0 Å². The number of anilines is 1. The van der Waals surface area contributed by atoms with E-state index in [9.17, 15) is 0 Å². The molecule has 0 fully saturated rings. The van der Waals surface area contributed by atoms with Crippen LogP contribution in [-0.2, 0) is 6.61 Å². The highest BCUT2D eigenvalue weighted by Gasteiger charge is 2.11. The molecule has 1 aromatic carbocycles. The number of hydrogen-bond donors (Lipinski definition) is 2. The van der Waals surface area contributed by atoms with Gasteiger partial charge in [-0.05, 0) is 11.6 Å². The van der Waals surface area contributed by atoms with Gasteiger partial charge in [0.15, 0.2) is 5.75 Å². The van der Waals surface area contributed by atoms with Gasteiger partial charge in [-0.1, -0.05) is 12.1 Å². The largest absolute Gasteiger partial charge is 0.493 e. The van der Waals surface area contributed by atoms with Gasteiger partial charge in [0.25, 0.3) is 0 Å². The van der Waals surface area contributed by atoms with Gasteiger partial charge in [0.05, 0.1) is 13.7 Å². The summed E-state index contributed by atoms with van der Waals surface area (Å²) in [4.78, 5) is 0. The number of ether oxygens (including phenoxy) is 1. The van der Waals surface area contributed by atoms with Crippen LogP contribution in [0.3, 0.4) is 0 Å². The van der Waals surface area contributed by atoms with Crippen LogP contribution in [0.2, 0.25) is 0 Å². The molecule has 2 aromatic rings. The third-order valence-corrected chi connectivity index (χ3v) is 3.24. The lowest BCUT2D eigenvalue weighted by Crippen LogP contribution is -1.86. The van der Waals surface area contributed by atoms with Crippen LogP contribution in [0.1, 0.15) is 5.56 Å². The molecular formula is C10H11NO2S. The Kier molecular flexibility index (Phi) is 2.31. The molecule has 14 heavy (non-hydrogen) atoms. The molecule has 0 aliphatic rings. The summed E-state index contributed by atoms with van der Waals surface area (Å²) in [5, 5.41) is 10.8. The van der Waals surface area contributed by atoms with Gasteiger partial charge < -0.3 is 15.6 Å². The summed E-state index contributed by atoms with van der Waals surface area (Å²) in [6.07, 6.45) is 0. The molecule has 4 heteroatoms. The molecule has 3 nitrogen and oxygen atoms in total. The van der Waals surface area contributed by atoms with Crippen LogP contribution in [-0.4, -0.2) is 12.2 Å². The van der Waals surface area contributed by atoms with E-state index in [1.165, 1.54) is 11.3 Å². The lowest BCUT2D eigenvalue weighted by atomic mass is 10.1. The number of benzene rings is 1. The van der Waals surface area contributed by atoms with Crippen molar-refractivity contribution in [3.63, 3.8) is 0 Å². The van der Waals surface area contributed by atoms with Gasteiger partial charge in [0.1, 0.15) is 5.00 Å². The van der Waals surface area contributed by atoms with Crippen LogP contribution in [0.4, 0.5) is 5.00 Å². The maximum absolute atomic E-state index is 9.13. The van der Waals surface area contributed by atoms with Crippen molar-refractivity contribution in [2.45, 2.75) is 6.61 Å². The zero-order valence-electron chi connectivity index (χ0n) is 7.78. The highest BCUT2D eigenvalue weighted by Crippen LogP contribution is 2.41. The minimum absolute atomic E-state index is 0.0282. The number of hydrogen-bond acceptors (Lipinski definition) is 4. The second-order valence-corrected chi connectivity index (χ2v) is 4.00. The van der Waals surface area contributed by atoms with E-state index in [0.29, 0.717) is 10.8 Å². The number of rotatable bonds is 2. The molecule has 0 saturated carbocycles. The predicted octanol–water partition coefficient (Wildman–Crippen LogP) is 1.98. The topological polar surface area (TPSA) is 55.5 Å². The van der Waals surface area contributed by atoms with Gasteiger partial charge in [-0.2, -0.15) is 0 Å². The van der Waals surface area contributed by atoms with E-state index in [-0.39, 0.29) is 6.61 Å². The third kappa shape index (κ3) is 1.23. The molecule has 0 amide bonds. The molecule has 1 heterocycles. The van der Waals surface area contributed by atoms with Crippen molar-refractivity contribution < 1.29 is 9.84 Å². The normalized spacial score (nSPS) is 10.7. The molecule has 0 spiro atoms.